The van der Waals surface area contributed by atoms with Crippen LogP contribution in [0.1, 0.15) is 0 Å². The Morgan fingerprint density at radius 3 is 1.54 bits per heavy atom. The number of halogens is 2. The molecule has 43 heteroatoms. The molecule has 92 heavy (non-hydrogen) atoms. The first-order valence-electron chi connectivity index (χ1n) is 24.4. The zero-order chi connectivity index (χ0) is 66.1. The molecular weight excluding hydrogens is 1370 g/mol. The summed E-state index contributed by atoms with van der Waals surface area (Å²) in [6.07, 6.45) is -1.39. The Labute approximate surface area is 541 Å². The van der Waals surface area contributed by atoms with Gasteiger partial charge in [-0.2, -0.15) is 69.8 Å². The van der Waals surface area contributed by atoms with E-state index in [-0.39, 0.29) is 40.9 Å². The van der Waals surface area contributed by atoms with E-state index in [1.54, 1.807) is 36.4 Å². The van der Waals surface area contributed by atoms with Crippen LogP contribution in [0.4, 0.5) is 55.8 Å². The molecule has 34 nitrogen and oxygen atoms in total. The molecule has 0 amide bonds. The fourth-order valence-electron chi connectivity index (χ4n) is 8.79. The van der Waals surface area contributed by atoms with Crippen LogP contribution in [0.15, 0.2) is 186 Å². The molecule has 0 spiro atoms. The van der Waals surface area contributed by atoms with Gasteiger partial charge in [-0.25, -0.2) is 15.0 Å². The summed E-state index contributed by atoms with van der Waals surface area (Å²) >= 11 is 6.30. The maximum atomic E-state index is 15.0. The summed E-state index contributed by atoms with van der Waals surface area (Å²) < 4.78 is 229. The quantitative estimate of drug-likeness (QED) is 0.0387. The number of nitrogens with one attached hydrogen (secondary N) is 3. The number of nitrogens with zero attached hydrogens (tertiary/aromatic N) is 11. The van der Waals surface area contributed by atoms with Gasteiger partial charge in [0.25, 0.3) is 60.7 Å². The molecule has 8 aromatic carbocycles. The Kier molecular flexibility index (Phi) is 18.4. The van der Waals surface area contributed by atoms with E-state index < -0.39 is 191 Å². The minimum atomic E-state index is -5.58. The maximum Gasteiger partial charge on any atom is 1.00 e. The third-order valence-electron chi connectivity index (χ3n) is 12.6. The van der Waals surface area contributed by atoms with Gasteiger partial charge >= 0.3 is 35.6 Å². The molecule has 0 bridgehead atoms. The van der Waals surface area contributed by atoms with Crippen LogP contribution in [0.2, 0.25) is 5.28 Å². The Bertz CT molecular complexity index is 5830. The van der Waals surface area contributed by atoms with E-state index in [0.717, 1.165) is 18.2 Å². The van der Waals surface area contributed by atoms with Gasteiger partial charge in [0.15, 0.2) is 11.5 Å². The summed E-state index contributed by atoms with van der Waals surface area (Å²) in [5.41, 5.74) is -7.10. The second kappa shape index (κ2) is 25.0. The van der Waals surface area contributed by atoms with Crippen molar-refractivity contribution in [3.8, 4) is 11.5 Å². The largest absolute Gasteiger partial charge is 1.00 e. The molecule has 470 valence electrons. The molecule has 0 saturated heterocycles. The smallest absolute Gasteiger partial charge is 0.505 e. The van der Waals surface area contributed by atoms with Crippen molar-refractivity contribution in [2.75, 3.05) is 11.9 Å². The Hall–Kier alpha value is -8.76. The van der Waals surface area contributed by atoms with Crippen LogP contribution in [0.3, 0.4) is 0 Å². The minimum Gasteiger partial charge on any atom is -0.505 e. The van der Waals surface area contributed by atoms with Crippen molar-refractivity contribution in [1.82, 2.24) is 29.9 Å². The van der Waals surface area contributed by atoms with E-state index in [1.165, 1.54) is 36.2 Å². The number of azo groups is 2. The van der Waals surface area contributed by atoms with Gasteiger partial charge < -0.3 is 20.1 Å². The standard InChI is InChI=1S/C49H34ClFN14O20S6.Na/c1-65(26-8-3-2-4-9-26)49-58-45(51)57-48(60-49)54-33-21-28(87(71,72)73)16-24-18-36(90(80,81)82)40(42(67)38(24)33)64-62-31-19-25(12-14-34(31)88(74,75)76)52-46-55-44(50)56-47(59-46)53-32-20-27(86(68,69)70)15-23-17-35(89(77,78)79)39(41(66)37(23)32)63-61-30-13-11-22-7-5-6-10-29(22)43(30)91(83,84)85;/h2-21,66-67H,1H3,(H,68,69,70)(H,71,72,73)(H,74,75,76)(H,77,78,79)(H,80,81,82)(H,83,84,85)(H,54,57,58,60)(H2,52,53,55,56,59);/q;+1. The van der Waals surface area contributed by atoms with Crippen LogP contribution in [0.25, 0.3) is 32.3 Å². The molecule has 10 rings (SSSR count). The summed E-state index contributed by atoms with van der Waals surface area (Å²) in [6, 6.07) is 22.4. The molecule has 0 aliphatic carbocycles. The third-order valence-corrected chi connectivity index (χ3v) is 18.1. The number of benzene rings is 8. The predicted octanol–water partition coefficient (Wildman–Crippen LogP) is 4.30. The average Bonchev–Trinajstić information content (AvgIpc) is 0.758. The van der Waals surface area contributed by atoms with Crippen molar-refractivity contribution >= 4 is 156 Å². The minimum absolute atomic E-state index is 0. The zero-order valence-electron chi connectivity index (χ0n) is 45.6. The topological polar surface area (TPSA) is 542 Å². The van der Waals surface area contributed by atoms with E-state index in [0.29, 0.717) is 53.5 Å². The number of para-hydroxylation sites is 1. The van der Waals surface area contributed by atoms with Crippen LogP contribution >= 0.6 is 11.6 Å². The Morgan fingerprint density at radius 1 is 0.478 bits per heavy atom. The van der Waals surface area contributed by atoms with Crippen LogP contribution < -0.4 is 51.3 Å². The van der Waals surface area contributed by atoms with E-state index in [9.17, 15) is 88.0 Å². The number of H-pyrrole nitrogens is 3. The summed E-state index contributed by atoms with van der Waals surface area (Å²) in [4.78, 5) is 26.1. The fourth-order valence-corrected chi connectivity index (χ4v) is 12.8. The van der Waals surface area contributed by atoms with Crippen molar-refractivity contribution in [2.45, 2.75) is 29.4 Å². The van der Waals surface area contributed by atoms with Gasteiger partial charge in [0.1, 0.15) is 42.3 Å². The molecule has 2 aromatic heterocycles. The number of rotatable bonds is 15. The molecule has 10 aromatic rings. The number of hydrogen-bond donors (Lipinski definition) is 11. The first-order chi connectivity index (χ1) is 42.4. The molecule has 11 N–H and O–H groups in total. The van der Waals surface area contributed by atoms with Gasteiger partial charge in [-0.1, -0.05) is 48.5 Å². The van der Waals surface area contributed by atoms with E-state index in [2.05, 4.69) is 65.3 Å². The number of aromatic amines is 3. The van der Waals surface area contributed by atoms with Crippen LogP contribution in [-0.2, 0) is 60.7 Å². The number of aromatic hydroxyl groups is 2. The SMILES string of the molecule is CN(c1ccccc1)c1nc(F)nc(=Nc2cc(S(=O)(=O)O)cc3cc(S(=O)(=O)O)c(N=Nc4cc(N=c5nc(Cl)[nH]c(=Nc6cc(S(=O)(=O)O)cc7cc(S(=O)(=O)O)c(N=Nc8ccc9ccccc9c8S(=O)(=O)O)c(O)c67)[nH]5)ccc4S(=O)(=O)O)c(O)c23)[nH]1.[Na+]. The van der Waals surface area contributed by atoms with Crippen molar-refractivity contribution in [3.05, 3.63) is 150 Å². The summed E-state index contributed by atoms with van der Waals surface area (Å²) in [7, 11) is -30.5. The second-order valence-electron chi connectivity index (χ2n) is 18.6. The van der Waals surface area contributed by atoms with Crippen molar-refractivity contribution < 1.29 is 122 Å². The number of phenols is 2. The van der Waals surface area contributed by atoms with Crippen LogP contribution in [-0.4, -0.2) is 125 Å². The molecule has 2 heterocycles. The molecule has 0 aliphatic rings. The maximum absolute atomic E-state index is 15.0. The van der Waals surface area contributed by atoms with E-state index in [1.807, 2.05) is 0 Å². The first kappa shape index (κ1) is 67.6. The van der Waals surface area contributed by atoms with Gasteiger partial charge in [-0.3, -0.25) is 37.3 Å². The van der Waals surface area contributed by atoms with Crippen LogP contribution in [0, 0.1) is 6.08 Å². The molecule has 0 unspecified atom stereocenters. The molecule has 0 atom stereocenters. The van der Waals surface area contributed by atoms with Gasteiger partial charge in [-0.05, 0) is 101 Å². The fraction of sp³-hybridized carbons (Fsp3) is 0.0204. The van der Waals surface area contributed by atoms with Gasteiger partial charge in [0.2, 0.25) is 28.1 Å². The monoisotopic (exact) mass is 1410 g/mol. The molecule has 0 radical (unpaired) electrons. The van der Waals surface area contributed by atoms with E-state index in [4.69, 9.17) is 11.6 Å². The van der Waals surface area contributed by atoms with Gasteiger partial charge in [-0.15, -0.1) is 20.5 Å². The van der Waals surface area contributed by atoms with Crippen LogP contribution in [0.5, 0.6) is 11.5 Å². The van der Waals surface area contributed by atoms with Gasteiger partial charge in [0.05, 0.1) is 37.6 Å². The predicted molar refractivity (Wildman–Crippen MR) is 313 cm³/mol. The van der Waals surface area contributed by atoms with Crippen molar-refractivity contribution in [1.29, 1.82) is 0 Å². The Morgan fingerprint density at radius 2 is 1.00 bits per heavy atom. The van der Waals surface area contributed by atoms with Crippen molar-refractivity contribution in [2.24, 2.45) is 35.4 Å². The molecule has 0 aliphatic heterocycles. The molecule has 0 fully saturated rings. The molecule has 0 saturated carbocycles. The summed E-state index contributed by atoms with van der Waals surface area (Å²) in [5, 5.41) is 35.7. The zero-order valence-corrected chi connectivity index (χ0v) is 53.3. The average molecular weight is 1410 g/mol. The van der Waals surface area contributed by atoms with Gasteiger partial charge in [0, 0.05) is 18.1 Å². The number of hydrogen-bond acceptors (Lipinski definition) is 25. The number of aromatic nitrogens is 6. The summed E-state index contributed by atoms with van der Waals surface area (Å²) in [5.74, 6) is -2.78. The second-order valence-corrected chi connectivity index (χ2v) is 27.3. The number of anilines is 2. The van der Waals surface area contributed by atoms with Crippen molar-refractivity contribution in [3.63, 3.8) is 0 Å². The third kappa shape index (κ3) is 14.5. The molecular formula is C49H34ClFN14NaO20S6+. The number of phenolic OH excluding ortho intramolecular Hbond substituents is 2. The summed E-state index contributed by atoms with van der Waals surface area (Å²) in [6.45, 7) is 0. The normalized spacial score (nSPS) is 13.5. The first-order valence-corrected chi connectivity index (χ1v) is 33.4. The van der Waals surface area contributed by atoms with E-state index >= 15 is 4.39 Å². The number of fused-ring (bicyclic) bond motifs is 3. The Balaban J connectivity index is 0.00001000.